The maximum atomic E-state index is 6.42. The van der Waals surface area contributed by atoms with Crippen molar-refractivity contribution in [2.45, 2.75) is 5.79 Å². The minimum Gasteiger partial charge on any atom is -0.444 e. The van der Waals surface area contributed by atoms with Crippen molar-refractivity contribution >= 4 is 21.5 Å². The molecule has 4 aromatic carbocycles. The third-order valence-electron chi connectivity index (χ3n) is 4.95. The molecule has 6 rings (SSSR count). The molecule has 2 heteroatoms. The predicted molar refractivity (Wildman–Crippen MR) is 89.9 cm³/mol. The number of rotatable bonds is 0. The summed E-state index contributed by atoms with van der Waals surface area (Å²) in [7, 11) is 0. The molecular formula is C21H12O2. The molecule has 0 amide bonds. The second-order valence-electron chi connectivity index (χ2n) is 6.14. The van der Waals surface area contributed by atoms with Gasteiger partial charge in [-0.25, -0.2) is 0 Å². The van der Waals surface area contributed by atoms with Gasteiger partial charge in [-0.05, 0) is 22.9 Å². The second-order valence-corrected chi connectivity index (χ2v) is 6.14. The SMILES string of the molecule is c1cc2c3c(cccc3c1)C1(O2)Oc2cccc3cccc1c23. The minimum absolute atomic E-state index is 0.855. The van der Waals surface area contributed by atoms with Gasteiger partial charge in [-0.1, -0.05) is 60.7 Å². The lowest BCUT2D eigenvalue weighted by molar-refractivity contribution is -0.0636. The van der Waals surface area contributed by atoms with Crippen molar-refractivity contribution in [1.29, 1.82) is 0 Å². The molecular weight excluding hydrogens is 284 g/mol. The highest BCUT2D eigenvalue weighted by Gasteiger charge is 2.50. The summed E-state index contributed by atoms with van der Waals surface area (Å²) in [6.07, 6.45) is 0. The molecule has 0 fully saturated rings. The van der Waals surface area contributed by atoms with Crippen molar-refractivity contribution in [3.63, 3.8) is 0 Å². The van der Waals surface area contributed by atoms with Crippen LogP contribution in [-0.4, -0.2) is 0 Å². The van der Waals surface area contributed by atoms with Gasteiger partial charge in [0.05, 0.1) is 11.1 Å². The summed E-state index contributed by atoms with van der Waals surface area (Å²) in [5.74, 6) is 0.928. The molecule has 0 aromatic heterocycles. The number of hydrogen-bond donors (Lipinski definition) is 0. The van der Waals surface area contributed by atoms with E-state index in [2.05, 4.69) is 48.5 Å². The van der Waals surface area contributed by atoms with Crippen molar-refractivity contribution in [3.8, 4) is 11.5 Å². The fourth-order valence-electron chi connectivity index (χ4n) is 4.03. The smallest absolute Gasteiger partial charge is 0.306 e. The van der Waals surface area contributed by atoms with Gasteiger partial charge in [-0.2, -0.15) is 0 Å². The highest BCUT2D eigenvalue weighted by molar-refractivity contribution is 5.99. The van der Waals surface area contributed by atoms with Gasteiger partial charge in [0.1, 0.15) is 11.5 Å². The summed E-state index contributed by atoms with van der Waals surface area (Å²) in [4.78, 5) is 0. The lowest BCUT2D eigenvalue weighted by Gasteiger charge is -2.26. The van der Waals surface area contributed by atoms with Crippen LogP contribution in [0.3, 0.4) is 0 Å². The van der Waals surface area contributed by atoms with E-state index in [9.17, 15) is 0 Å². The van der Waals surface area contributed by atoms with Crippen LogP contribution in [0.2, 0.25) is 0 Å². The molecule has 0 radical (unpaired) electrons. The summed E-state index contributed by atoms with van der Waals surface area (Å²) >= 11 is 0. The van der Waals surface area contributed by atoms with E-state index in [1.807, 2.05) is 24.3 Å². The van der Waals surface area contributed by atoms with Crippen LogP contribution in [0.25, 0.3) is 21.5 Å². The van der Waals surface area contributed by atoms with E-state index in [0.29, 0.717) is 0 Å². The van der Waals surface area contributed by atoms with Gasteiger partial charge in [0.15, 0.2) is 0 Å². The Bertz CT molecular complexity index is 1030. The molecule has 2 nitrogen and oxygen atoms in total. The lowest BCUT2D eigenvalue weighted by Crippen LogP contribution is -2.35. The zero-order chi connectivity index (χ0) is 15.0. The molecule has 108 valence electrons. The summed E-state index contributed by atoms with van der Waals surface area (Å²) in [5, 5.41) is 4.67. The monoisotopic (exact) mass is 296 g/mol. The van der Waals surface area contributed by atoms with E-state index in [1.54, 1.807) is 0 Å². The average Bonchev–Trinajstić information content (AvgIpc) is 3.08. The normalized spacial score (nSPS) is 16.0. The third-order valence-corrected chi connectivity index (χ3v) is 4.95. The van der Waals surface area contributed by atoms with Crippen molar-refractivity contribution in [2.75, 3.05) is 0 Å². The Kier molecular flexibility index (Phi) is 1.84. The molecule has 1 spiro atoms. The van der Waals surface area contributed by atoms with Gasteiger partial charge in [0, 0.05) is 10.8 Å². The van der Waals surface area contributed by atoms with Crippen molar-refractivity contribution in [2.24, 2.45) is 0 Å². The number of benzene rings is 4. The lowest BCUT2D eigenvalue weighted by atomic mass is 9.93. The van der Waals surface area contributed by atoms with Gasteiger partial charge in [-0.15, -0.1) is 0 Å². The molecule has 2 heterocycles. The van der Waals surface area contributed by atoms with Crippen LogP contribution in [0.15, 0.2) is 72.8 Å². The maximum absolute atomic E-state index is 6.42. The highest BCUT2D eigenvalue weighted by Crippen LogP contribution is 2.55. The standard InChI is InChI=1S/C21H12O2/c1-5-13-7-3-11-17-19(13)15(9-1)21(22-17)16-10-2-6-14-8-4-12-18(23-21)20(14)16/h1-12H. The average molecular weight is 296 g/mol. The van der Waals surface area contributed by atoms with Gasteiger partial charge < -0.3 is 9.47 Å². The van der Waals surface area contributed by atoms with Crippen LogP contribution in [0, 0.1) is 0 Å². The van der Waals surface area contributed by atoms with Gasteiger partial charge in [0.25, 0.3) is 0 Å². The summed E-state index contributed by atoms with van der Waals surface area (Å²) in [6, 6.07) is 25.0. The van der Waals surface area contributed by atoms with Crippen LogP contribution >= 0.6 is 0 Å². The van der Waals surface area contributed by atoms with Crippen molar-refractivity contribution < 1.29 is 9.47 Å². The van der Waals surface area contributed by atoms with E-state index < -0.39 is 5.79 Å². The molecule has 0 atom stereocenters. The summed E-state index contributed by atoms with van der Waals surface area (Å²) in [6.45, 7) is 0. The zero-order valence-electron chi connectivity index (χ0n) is 12.2. The number of ether oxygens (including phenoxy) is 2. The molecule has 23 heavy (non-hydrogen) atoms. The molecule has 0 unspecified atom stereocenters. The first-order chi connectivity index (χ1) is 11.4. The Labute approximate surface area is 132 Å². The van der Waals surface area contributed by atoms with Gasteiger partial charge in [0.2, 0.25) is 0 Å². The molecule has 0 aliphatic carbocycles. The van der Waals surface area contributed by atoms with E-state index in [-0.39, 0.29) is 0 Å². The fourth-order valence-corrected chi connectivity index (χ4v) is 4.03. The zero-order valence-corrected chi connectivity index (χ0v) is 12.2. The van der Waals surface area contributed by atoms with Crippen LogP contribution in [-0.2, 0) is 5.79 Å². The molecule has 0 saturated carbocycles. The Hall–Kier alpha value is -3.00. The Morgan fingerprint density at radius 2 is 0.957 bits per heavy atom. The van der Waals surface area contributed by atoms with Crippen LogP contribution in [0.4, 0.5) is 0 Å². The van der Waals surface area contributed by atoms with Crippen LogP contribution in [0.1, 0.15) is 11.1 Å². The second kappa shape index (κ2) is 3.66. The first-order valence-electron chi connectivity index (χ1n) is 7.79. The van der Waals surface area contributed by atoms with E-state index >= 15 is 0 Å². The first kappa shape index (κ1) is 11.6. The molecule has 0 saturated heterocycles. The van der Waals surface area contributed by atoms with Crippen LogP contribution in [0.5, 0.6) is 11.5 Å². The largest absolute Gasteiger partial charge is 0.444 e. The van der Waals surface area contributed by atoms with E-state index in [1.165, 1.54) is 10.8 Å². The third kappa shape index (κ3) is 1.22. The van der Waals surface area contributed by atoms with Crippen LogP contribution < -0.4 is 9.47 Å². The predicted octanol–water partition coefficient (Wildman–Crippen LogP) is 4.98. The molecule has 2 aliphatic heterocycles. The van der Waals surface area contributed by atoms with Gasteiger partial charge >= 0.3 is 5.79 Å². The van der Waals surface area contributed by atoms with Gasteiger partial charge in [-0.3, -0.25) is 0 Å². The minimum atomic E-state index is -0.855. The summed E-state index contributed by atoms with van der Waals surface area (Å²) < 4.78 is 12.8. The topological polar surface area (TPSA) is 18.5 Å². The molecule has 0 bridgehead atoms. The maximum Gasteiger partial charge on any atom is 0.306 e. The fraction of sp³-hybridized carbons (Fsp3) is 0.0476. The van der Waals surface area contributed by atoms with Crippen molar-refractivity contribution in [3.05, 3.63) is 83.9 Å². The quantitative estimate of drug-likeness (QED) is 0.455. The first-order valence-corrected chi connectivity index (χ1v) is 7.79. The van der Waals surface area contributed by atoms with E-state index in [4.69, 9.17) is 9.47 Å². The summed E-state index contributed by atoms with van der Waals surface area (Å²) in [5.41, 5.74) is 2.18. The van der Waals surface area contributed by atoms with Crippen molar-refractivity contribution in [1.82, 2.24) is 0 Å². The molecule has 0 N–H and O–H groups in total. The Balaban J connectivity index is 1.76. The Morgan fingerprint density at radius 3 is 1.43 bits per heavy atom. The van der Waals surface area contributed by atoms with E-state index in [0.717, 1.165) is 33.4 Å². The highest BCUT2D eigenvalue weighted by atomic mass is 16.7. The molecule has 4 aromatic rings. The Morgan fingerprint density at radius 1 is 0.522 bits per heavy atom. The number of fused-ring (bicyclic) bond motifs is 2. The number of hydrogen-bond acceptors (Lipinski definition) is 2. The molecule has 2 aliphatic rings.